The second-order valence-corrected chi connectivity index (χ2v) is 6.99. The van der Waals surface area contributed by atoms with Crippen molar-refractivity contribution in [3.8, 4) is 0 Å². The van der Waals surface area contributed by atoms with Crippen molar-refractivity contribution < 1.29 is 26.3 Å². The summed E-state index contributed by atoms with van der Waals surface area (Å²) in [6, 6.07) is 15.4. The van der Waals surface area contributed by atoms with E-state index in [2.05, 4.69) is 0 Å². The van der Waals surface area contributed by atoms with Gasteiger partial charge in [-0.2, -0.15) is 13.2 Å². The number of alkyl halides is 3. The van der Waals surface area contributed by atoms with E-state index in [1.165, 1.54) is 24.3 Å². The van der Waals surface area contributed by atoms with Crippen LogP contribution >= 0.6 is 0 Å². The Hall–Kier alpha value is -1.86. The average molecular weight is 344 g/mol. The molecule has 0 unspecified atom stereocenters. The lowest BCUT2D eigenvalue weighted by atomic mass is 10.2. The van der Waals surface area contributed by atoms with Crippen molar-refractivity contribution in [2.24, 2.45) is 0 Å². The first-order valence-electron chi connectivity index (χ1n) is 6.80. The van der Waals surface area contributed by atoms with Gasteiger partial charge in [0.2, 0.25) is 9.84 Å². The number of ether oxygens (including phenoxy) is 1. The number of hydrogen-bond acceptors (Lipinski definition) is 3. The molecule has 0 radical (unpaired) electrons. The molecule has 0 saturated carbocycles. The highest BCUT2D eigenvalue weighted by atomic mass is 32.2. The first kappa shape index (κ1) is 17.5. The Labute approximate surface area is 132 Å². The van der Waals surface area contributed by atoms with E-state index < -0.39 is 27.9 Å². The van der Waals surface area contributed by atoms with E-state index in [9.17, 15) is 21.6 Å². The van der Waals surface area contributed by atoms with Crippen LogP contribution in [0.3, 0.4) is 0 Å². The van der Waals surface area contributed by atoms with E-state index in [-0.39, 0.29) is 11.5 Å². The van der Waals surface area contributed by atoms with E-state index in [1.807, 2.05) is 0 Å². The summed E-state index contributed by atoms with van der Waals surface area (Å²) < 4.78 is 68.1. The first-order chi connectivity index (χ1) is 10.8. The summed E-state index contributed by atoms with van der Waals surface area (Å²) in [6.45, 7) is -0.215. The van der Waals surface area contributed by atoms with Crippen molar-refractivity contribution >= 4 is 9.84 Å². The predicted molar refractivity (Wildman–Crippen MR) is 79.3 cm³/mol. The summed E-state index contributed by atoms with van der Waals surface area (Å²) in [5, 5.41) is 0. The predicted octanol–water partition coefficient (Wildman–Crippen LogP) is 3.96. The molecule has 0 N–H and O–H groups in total. The lowest BCUT2D eigenvalue weighted by Crippen LogP contribution is -2.30. The minimum atomic E-state index is -4.65. The van der Waals surface area contributed by atoms with Crippen LogP contribution in [0.25, 0.3) is 0 Å². The second-order valence-electron chi connectivity index (χ2n) is 4.90. The summed E-state index contributed by atoms with van der Waals surface area (Å²) in [5.74, 6) is 0. The monoisotopic (exact) mass is 344 g/mol. The van der Waals surface area contributed by atoms with Crippen LogP contribution in [0, 0.1) is 0 Å². The minimum absolute atomic E-state index is 0.192. The fourth-order valence-corrected chi connectivity index (χ4v) is 3.47. The van der Waals surface area contributed by atoms with Crippen molar-refractivity contribution in [1.82, 2.24) is 0 Å². The van der Waals surface area contributed by atoms with Crippen molar-refractivity contribution in [2.45, 2.75) is 29.5 Å². The van der Waals surface area contributed by atoms with E-state index >= 15 is 0 Å². The van der Waals surface area contributed by atoms with Gasteiger partial charge < -0.3 is 4.74 Å². The minimum Gasteiger partial charge on any atom is -0.357 e. The Morgan fingerprint density at radius 3 is 1.96 bits per heavy atom. The van der Waals surface area contributed by atoms with Crippen LogP contribution < -0.4 is 0 Å². The van der Waals surface area contributed by atoms with Gasteiger partial charge in [0.1, 0.15) is 0 Å². The molecule has 0 aliphatic rings. The molecular formula is C16H15F3O3S. The molecular weight excluding hydrogens is 329 g/mol. The fraction of sp³-hybridized carbons (Fsp3) is 0.250. The molecule has 2 aromatic rings. The van der Waals surface area contributed by atoms with Crippen molar-refractivity contribution in [1.29, 1.82) is 0 Å². The summed E-state index contributed by atoms with van der Waals surface area (Å²) in [5.41, 5.74) is -1.38. The van der Waals surface area contributed by atoms with Gasteiger partial charge >= 0.3 is 6.18 Å². The molecule has 0 spiro atoms. The Morgan fingerprint density at radius 2 is 1.43 bits per heavy atom. The van der Waals surface area contributed by atoms with E-state index in [0.717, 1.165) is 0 Å². The fourth-order valence-electron chi connectivity index (χ4n) is 1.97. The summed E-state index contributed by atoms with van der Waals surface area (Å²) in [4.78, 5) is -0.192. The molecule has 0 aliphatic carbocycles. The van der Waals surface area contributed by atoms with Crippen LogP contribution in [0.2, 0.25) is 0 Å². The Kier molecular flexibility index (Phi) is 5.43. The molecule has 7 heteroatoms. The van der Waals surface area contributed by atoms with E-state index in [0.29, 0.717) is 5.56 Å². The van der Waals surface area contributed by atoms with Crippen LogP contribution in [0.15, 0.2) is 65.6 Å². The highest BCUT2D eigenvalue weighted by Gasteiger charge is 2.40. The average Bonchev–Trinajstić information content (AvgIpc) is 2.52. The van der Waals surface area contributed by atoms with Crippen LogP contribution in [0.1, 0.15) is 12.0 Å². The molecule has 2 aromatic carbocycles. The van der Waals surface area contributed by atoms with Gasteiger partial charge in [-0.3, -0.25) is 0 Å². The quantitative estimate of drug-likeness (QED) is 0.797. The van der Waals surface area contributed by atoms with Crippen LogP contribution in [0.4, 0.5) is 13.2 Å². The van der Waals surface area contributed by atoms with Gasteiger partial charge in [0.25, 0.3) is 0 Å². The Balaban J connectivity index is 2.23. The van der Waals surface area contributed by atoms with Gasteiger partial charge in [0, 0.05) is 0 Å². The summed E-state index contributed by atoms with van der Waals surface area (Å²) in [7, 11) is -4.25. The van der Waals surface area contributed by atoms with Crippen LogP contribution in [-0.2, 0) is 21.2 Å². The zero-order valence-electron chi connectivity index (χ0n) is 12.0. The third-order valence-electron chi connectivity index (χ3n) is 3.09. The number of sulfone groups is 1. The van der Waals surface area contributed by atoms with Gasteiger partial charge in [-0.1, -0.05) is 48.5 Å². The smallest absolute Gasteiger partial charge is 0.357 e. The summed E-state index contributed by atoms with van der Waals surface area (Å²) >= 11 is 0. The number of benzene rings is 2. The van der Waals surface area contributed by atoms with E-state index in [1.54, 1.807) is 36.4 Å². The maximum atomic E-state index is 12.7. The molecule has 0 aliphatic heterocycles. The van der Waals surface area contributed by atoms with Gasteiger partial charge in [0.15, 0.2) is 5.44 Å². The molecule has 0 heterocycles. The van der Waals surface area contributed by atoms with Gasteiger partial charge in [-0.05, 0) is 17.7 Å². The highest BCUT2D eigenvalue weighted by Crippen LogP contribution is 2.29. The SMILES string of the molecule is O=S(=O)(c1ccccc1)[C@H](CC(F)(F)F)OCc1ccccc1. The molecule has 2 rings (SSSR count). The maximum Gasteiger partial charge on any atom is 0.392 e. The Morgan fingerprint density at radius 1 is 0.913 bits per heavy atom. The number of rotatable bonds is 6. The summed E-state index contributed by atoms with van der Waals surface area (Å²) in [6.07, 6.45) is -6.21. The molecule has 1 atom stereocenters. The third-order valence-corrected chi connectivity index (χ3v) is 5.02. The van der Waals surface area contributed by atoms with Crippen molar-refractivity contribution in [3.05, 3.63) is 66.2 Å². The van der Waals surface area contributed by atoms with Crippen LogP contribution in [-0.4, -0.2) is 20.0 Å². The topological polar surface area (TPSA) is 43.4 Å². The van der Waals surface area contributed by atoms with Crippen molar-refractivity contribution in [2.75, 3.05) is 0 Å². The van der Waals surface area contributed by atoms with Gasteiger partial charge in [-0.25, -0.2) is 8.42 Å². The standard InChI is InChI=1S/C16H15F3O3S/c17-16(18,19)11-15(22-12-13-7-3-1-4-8-13)23(20,21)14-9-5-2-6-10-14/h1-10,15H,11-12H2/t15-/m1/s1. The largest absolute Gasteiger partial charge is 0.392 e. The molecule has 0 amide bonds. The zero-order chi connectivity index (χ0) is 16.9. The van der Waals surface area contributed by atoms with E-state index in [4.69, 9.17) is 4.74 Å². The zero-order valence-corrected chi connectivity index (χ0v) is 12.8. The number of halogens is 3. The number of hydrogen-bond donors (Lipinski definition) is 0. The maximum absolute atomic E-state index is 12.7. The first-order valence-corrected chi connectivity index (χ1v) is 8.35. The molecule has 0 fully saturated rings. The molecule has 0 saturated heterocycles. The molecule has 124 valence electrons. The van der Waals surface area contributed by atoms with Gasteiger partial charge in [0.05, 0.1) is 17.9 Å². The lowest BCUT2D eigenvalue weighted by molar-refractivity contribution is -0.151. The van der Waals surface area contributed by atoms with Crippen molar-refractivity contribution in [3.63, 3.8) is 0 Å². The van der Waals surface area contributed by atoms with Crippen LogP contribution in [0.5, 0.6) is 0 Å². The Bertz CT molecular complexity index is 713. The molecule has 0 aromatic heterocycles. The third kappa shape index (κ3) is 5.07. The molecule has 0 bridgehead atoms. The lowest BCUT2D eigenvalue weighted by Gasteiger charge is -2.20. The normalized spacial score (nSPS) is 13.7. The second kappa shape index (κ2) is 7.14. The van der Waals surface area contributed by atoms with Gasteiger partial charge in [-0.15, -0.1) is 0 Å². The molecule has 23 heavy (non-hydrogen) atoms. The highest BCUT2D eigenvalue weighted by molar-refractivity contribution is 7.91. The molecule has 3 nitrogen and oxygen atoms in total.